The van der Waals surface area contributed by atoms with Gasteiger partial charge in [0.15, 0.2) is 0 Å². The number of benzene rings is 1. The van der Waals surface area contributed by atoms with Gasteiger partial charge in [-0.25, -0.2) is 0 Å². The third-order valence-corrected chi connectivity index (χ3v) is 5.47. The smallest absolute Gasteiger partial charge is 0.227 e. The van der Waals surface area contributed by atoms with E-state index in [-0.39, 0.29) is 11.8 Å². The van der Waals surface area contributed by atoms with E-state index in [4.69, 9.17) is 0 Å². The van der Waals surface area contributed by atoms with Gasteiger partial charge in [-0.2, -0.15) is 0 Å². The van der Waals surface area contributed by atoms with Crippen molar-refractivity contribution in [1.29, 1.82) is 0 Å². The normalized spacial score (nSPS) is 34.4. The fourth-order valence-corrected chi connectivity index (χ4v) is 4.45. The van der Waals surface area contributed by atoms with Crippen LogP contribution in [0.5, 0.6) is 0 Å². The van der Waals surface area contributed by atoms with Crippen LogP contribution in [-0.2, 0) is 4.79 Å². The average molecular weight is 270 g/mol. The van der Waals surface area contributed by atoms with Gasteiger partial charge in [0.2, 0.25) is 5.91 Å². The van der Waals surface area contributed by atoms with Gasteiger partial charge in [0.25, 0.3) is 0 Å². The Labute approximate surface area is 120 Å². The van der Waals surface area contributed by atoms with E-state index in [0.29, 0.717) is 6.04 Å². The summed E-state index contributed by atoms with van der Waals surface area (Å²) >= 11 is 0. The Morgan fingerprint density at radius 2 is 2.05 bits per heavy atom. The van der Waals surface area contributed by atoms with Crippen LogP contribution in [0.25, 0.3) is 0 Å². The van der Waals surface area contributed by atoms with E-state index in [2.05, 4.69) is 22.8 Å². The summed E-state index contributed by atoms with van der Waals surface area (Å²) in [5, 5.41) is 6.74. The number of nitrogens with one attached hydrogen (secondary N) is 2. The van der Waals surface area contributed by atoms with Crippen molar-refractivity contribution in [2.24, 2.45) is 11.8 Å². The molecule has 1 aromatic carbocycles. The second kappa shape index (κ2) is 4.80. The minimum absolute atomic E-state index is 0.0339. The molecule has 0 radical (unpaired) electrons. The van der Waals surface area contributed by atoms with E-state index in [1.807, 2.05) is 12.1 Å². The SMILES string of the molecule is O=C(NC1CC2CCC1C2)C1CCNc2ccccc21. The number of hydrogen-bond acceptors (Lipinski definition) is 2. The molecule has 1 aromatic rings. The highest BCUT2D eigenvalue weighted by molar-refractivity contribution is 5.86. The Bertz CT molecular complexity index is 527. The second-order valence-corrected chi connectivity index (χ2v) is 6.65. The van der Waals surface area contributed by atoms with Crippen molar-refractivity contribution in [3.63, 3.8) is 0 Å². The summed E-state index contributed by atoms with van der Waals surface area (Å²) in [7, 11) is 0. The van der Waals surface area contributed by atoms with Crippen LogP contribution in [-0.4, -0.2) is 18.5 Å². The van der Waals surface area contributed by atoms with Crippen molar-refractivity contribution in [2.75, 3.05) is 11.9 Å². The summed E-state index contributed by atoms with van der Waals surface area (Å²) in [5.74, 6) is 1.91. The summed E-state index contributed by atoms with van der Waals surface area (Å²) in [6.45, 7) is 0.895. The van der Waals surface area contributed by atoms with E-state index in [0.717, 1.165) is 30.5 Å². The Morgan fingerprint density at radius 1 is 1.15 bits per heavy atom. The molecule has 4 unspecified atom stereocenters. The number of carbonyl (C=O) groups is 1. The van der Waals surface area contributed by atoms with E-state index in [1.54, 1.807) is 0 Å². The first-order valence-corrected chi connectivity index (χ1v) is 7.94. The van der Waals surface area contributed by atoms with Gasteiger partial charge < -0.3 is 10.6 Å². The third kappa shape index (κ3) is 2.00. The van der Waals surface area contributed by atoms with Crippen LogP contribution in [0.2, 0.25) is 0 Å². The van der Waals surface area contributed by atoms with Gasteiger partial charge in [-0.3, -0.25) is 4.79 Å². The van der Waals surface area contributed by atoms with Crippen molar-refractivity contribution >= 4 is 11.6 Å². The number of carbonyl (C=O) groups excluding carboxylic acids is 1. The van der Waals surface area contributed by atoms with Crippen LogP contribution >= 0.6 is 0 Å². The Morgan fingerprint density at radius 3 is 2.85 bits per heavy atom. The first-order chi connectivity index (χ1) is 9.81. The number of anilines is 1. The summed E-state index contributed by atoms with van der Waals surface area (Å²) in [5.41, 5.74) is 2.30. The summed E-state index contributed by atoms with van der Waals surface area (Å²) in [4.78, 5) is 12.7. The van der Waals surface area contributed by atoms with E-state index in [1.165, 1.54) is 31.2 Å². The molecule has 1 amide bonds. The standard InChI is InChI=1S/C17H22N2O/c20-17(19-16-10-11-5-6-12(16)9-11)14-7-8-18-15-4-2-1-3-13(14)15/h1-4,11-12,14,16,18H,5-10H2,(H,19,20). The maximum absolute atomic E-state index is 12.7. The van der Waals surface area contributed by atoms with Crippen molar-refractivity contribution in [3.05, 3.63) is 29.8 Å². The molecule has 0 aromatic heterocycles. The number of para-hydroxylation sites is 1. The lowest BCUT2D eigenvalue weighted by Crippen LogP contribution is -2.42. The molecule has 2 N–H and O–H groups in total. The van der Waals surface area contributed by atoms with Crippen molar-refractivity contribution < 1.29 is 4.79 Å². The molecule has 2 saturated carbocycles. The lowest BCUT2D eigenvalue weighted by Gasteiger charge is -2.29. The van der Waals surface area contributed by atoms with Crippen molar-refractivity contribution in [3.8, 4) is 0 Å². The molecule has 1 aliphatic heterocycles. The minimum Gasteiger partial charge on any atom is -0.385 e. The minimum atomic E-state index is 0.0339. The average Bonchev–Trinajstić information content (AvgIpc) is 3.09. The van der Waals surface area contributed by atoms with E-state index in [9.17, 15) is 4.79 Å². The maximum Gasteiger partial charge on any atom is 0.227 e. The van der Waals surface area contributed by atoms with Crippen LogP contribution < -0.4 is 10.6 Å². The largest absolute Gasteiger partial charge is 0.385 e. The molecule has 2 aliphatic carbocycles. The van der Waals surface area contributed by atoms with Crippen LogP contribution in [0.15, 0.2) is 24.3 Å². The molecular formula is C17H22N2O. The topological polar surface area (TPSA) is 41.1 Å². The molecule has 0 saturated heterocycles. The molecule has 2 fully saturated rings. The van der Waals surface area contributed by atoms with Crippen LogP contribution in [0.1, 0.15) is 43.6 Å². The Kier molecular flexibility index (Phi) is 2.94. The number of amides is 1. The molecule has 4 rings (SSSR count). The molecular weight excluding hydrogens is 248 g/mol. The van der Waals surface area contributed by atoms with Gasteiger partial charge in [-0.05, 0) is 49.1 Å². The predicted octanol–water partition coefficient (Wildman–Crippen LogP) is 2.89. The molecule has 3 aliphatic rings. The number of fused-ring (bicyclic) bond motifs is 3. The predicted molar refractivity (Wildman–Crippen MR) is 79.7 cm³/mol. The highest BCUT2D eigenvalue weighted by Gasteiger charge is 2.41. The summed E-state index contributed by atoms with van der Waals surface area (Å²) in [6.07, 6.45) is 6.16. The number of rotatable bonds is 2. The highest BCUT2D eigenvalue weighted by Crippen LogP contribution is 2.44. The lowest BCUT2D eigenvalue weighted by atomic mass is 9.89. The third-order valence-electron chi connectivity index (χ3n) is 5.47. The summed E-state index contributed by atoms with van der Waals surface area (Å²) < 4.78 is 0. The fraction of sp³-hybridized carbons (Fsp3) is 0.588. The zero-order valence-corrected chi connectivity index (χ0v) is 11.8. The monoisotopic (exact) mass is 270 g/mol. The molecule has 2 bridgehead atoms. The molecule has 3 heteroatoms. The zero-order chi connectivity index (χ0) is 13.5. The quantitative estimate of drug-likeness (QED) is 0.867. The molecule has 0 spiro atoms. The van der Waals surface area contributed by atoms with Gasteiger partial charge in [-0.15, -0.1) is 0 Å². The summed E-state index contributed by atoms with van der Waals surface area (Å²) in [6, 6.07) is 8.67. The first-order valence-electron chi connectivity index (χ1n) is 7.94. The highest BCUT2D eigenvalue weighted by atomic mass is 16.2. The van der Waals surface area contributed by atoms with E-state index >= 15 is 0 Å². The molecule has 4 atom stereocenters. The van der Waals surface area contributed by atoms with Gasteiger partial charge >= 0.3 is 0 Å². The molecule has 106 valence electrons. The zero-order valence-electron chi connectivity index (χ0n) is 11.8. The molecule has 3 nitrogen and oxygen atoms in total. The lowest BCUT2D eigenvalue weighted by molar-refractivity contribution is -0.123. The maximum atomic E-state index is 12.7. The number of hydrogen-bond donors (Lipinski definition) is 2. The van der Waals surface area contributed by atoms with Crippen LogP contribution in [0.3, 0.4) is 0 Å². The van der Waals surface area contributed by atoms with Gasteiger partial charge in [0.1, 0.15) is 0 Å². The fourth-order valence-electron chi connectivity index (χ4n) is 4.45. The van der Waals surface area contributed by atoms with Crippen LogP contribution in [0.4, 0.5) is 5.69 Å². The second-order valence-electron chi connectivity index (χ2n) is 6.65. The molecule has 1 heterocycles. The van der Waals surface area contributed by atoms with Gasteiger partial charge in [-0.1, -0.05) is 24.6 Å². The van der Waals surface area contributed by atoms with Gasteiger partial charge in [0, 0.05) is 18.3 Å². The van der Waals surface area contributed by atoms with Crippen molar-refractivity contribution in [2.45, 2.75) is 44.1 Å². The Hall–Kier alpha value is -1.51. The first kappa shape index (κ1) is 12.2. The van der Waals surface area contributed by atoms with Gasteiger partial charge in [0.05, 0.1) is 5.92 Å². The Balaban J connectivity index is 1.49. The van der Waals surface area contributed by atoms with Crippen LogP contribution in [0, 0.1) is 11.8 Å². The molecule has 20 heavy (non-hydrogen) atoms. The van der Waals surface area contributed by atoms with E-state index < -0.39 is 0 Å². The van der Waals surface area contributed by atoms with Crippen molar-refractivity contribution in [1.82, 2.24) is 5.32 Å².